The van der Waals surface area contributed by atoms with Crippen molar-refractivity contribution in [3.05, 3.63) is 23.8 Å². The molecule has 1 heterocycles. The molecule has 0 aromatic heterocycles. The number of hydrogen-bond acceptors (Lipinski definition) is 7. The van der Waals surface area contributed by atoms with Gasteiger partial charge in [0.1, 0.15) is 6.61 Å². The molecular weight excluding hydrogens is 396 g/mol. The summed E-state index contributed by atoms with van der Waals surface area (Å²) in [4.78, 5) is 13.4. The van der Waals surface area contributed by atoms with Crippen molar-refractivity contribution in [2.45, 2.75) is 18.6 Å². The smallest absolute Gasteiger partial charge is 0.410 e. The van der Waals surface area contributed by atoms with E-state index in [-0.39, 0.29) is 31.1 Å². The fourth-order valence-electron chi connectivity index (χ4n) is 2.22. The van der Waals surface area contributed by atoms with E-state index in [2.05, 4.69) is 11.3 Å². The lowest BCUT2D eigenvalue weighted by Gasteiger charge is -2.23. The van der Waals surface area contributed by atoms with E-state index in [1.54, 1.807) is 0 Å². The van der Waals surface area contributed by atoms with Crippen molar-refractivity contribution < 1.29 is 30.6 Å². The maximum atomic E-state index is 12.1. The number of ether oxygens (including phenoxy) is 1. The van der Waals surface area contributed by atoms with Crippen molar-refractivity contribution in [2.75, 3.05) is 32.2 Å². The van der Waals surface area contributed by atoms with Crippen LogP contribution in [0, 0.1) is 0 Å². The first kappa shape index (κ1) is 21.9. The zero-order valence-corrected chi connectivity index (χ0v) is 16.2. The van der Waals surface area contributed by atoms with Crippen LogP contribution < -0.4 is 4.72 Å². The molecule has 12 heteroatoms. The first-order valence-corrected chi connectivity index (χ1v) is 11.2. The monoisotopic (exact) mass is 416 g/mol. The number of carbonyl (C=O) groups is 1. The molecule has 0 bridgehead atoms. The van der Waals surface area contributed by atoms with Crippen molar-refractivity contribution in [3.8, 4) is 0 Å². The summed E-state index contributed by atoms with van der Waals surface area (Å²) in [6.07, 6.45) is 3.34. The summed E-state index contributed by atoms with van der Waals surface area (Å²) in [5.74, 6) is 0. The van der Waals surface area contributed by atoms with Gasteiger partial charge in [0, 0.05) is 18.0 Å². The number of hydrogen-bond donors (Lipinski definition) is 1. The third-order valence-electron chi connectivity index (χ3n) is 3.09. The summed E-state index contributed by atoms with van der Waals surface area (Å²) in [6.45, 7) is 3.32. The average Bonchev–Trinajstić information content (AvgIpc) is 2.85. The lowest BCUT2D eigenvalue weighted by atomic mass is 10.2. The van der Waals surface area contributed by atoms with Gasteiger partial charge in [0.05, 0.1) is 31.2 Å². The van der Waals surface area contributed by atoms with Crippen LogP contribution in [-0.2, 0) is 29.1 Å². The van der Waals surface area contributed by atoms with Crippen molar-refractivity contribution in [3.63, 3.8) is 0 Å². The Bertz CT molecular complexity index is 733. The van der Waals surface area contributed by atoms with E-state index < -0.39 is 38.4 Å². The first-order chi connectivity index (χ1) is 11.4. The van der Waals surface area contributed by atoms with E-state index in [1.807, 2.05) is 0 Å². The standard InChI is InChI=1S/C13H21ClN2O7S2/c1-4-7-22-13(17)16-9-10(23-25(3,20)21)8-12(16)11(14)5-6-15-24(2,18)19/h4-5,10,12,15H,1,6-9H2,2-3H3/b11-5+/t10-,12+/m1/s1. The number of halogens is 1. The highest BCUT2D eigenvalue weighted by molar-refractivity contribution is 7.88. The average molecular weight is 417 g/mol. The van der Waals surface area contributed by atoms with Crippen LogP contribution in [0.25, 0.3) is 0 Å². The molecule has 0 saturated carbocycles. The van der Waals surface area contributed by atoms with E-state index in [0.717, 1.165) is 12.5 Å². The number of sulfonamides is 1. The second-order valence-electron chi connectivity index (χ2n) is 5.40. The number of rotatable bonds is 8. The van der Waals surface area contributed by atoms with Gasteiger partial charge in [-0.2, -0.15) is 8.42 Å². The van der Waals surface area contributed by atoms with Crippen LogP contribution >= 0.6 is 11.6 Å². The summed E-state index contributed by atoms with van der Waals surface area (Å²) in [5.41, 5.74) is 0. The van der Waals surface area contributed by atoms with E-state index in [9.17, 15) is 21.6 Å². The summed E-state index contributed by atoms with van der Waals surface area (Å²) >= 11 is 6.18. The van der Waals surface area contributed by atoms with Gasteiger partial charge in [0.2, 0.25) is 10.0 Å². The number of nitrogens with zero attached hydrogens (tertiary/aromatic N) is 1. The minimum absolute atomic E-state index is 0.0172. The second kappa shape index (κ2) is 8.99. The fraction of sp³-hybridized carbons (Fsp3) is 0.615. The summed E-state index contributed by atoms with van der Waals surface area (Å²) in [6, 6.07) is -0.688. The van der Waals surface area contributed by atoms with Crippen LogP contribution in [0.4, 0.5) is 4.79 Å². The minimum Gasteiger partial charge on any atom is -0.445 e. The maximum absolute atomic E-state index is 12.1. The molecule has 0 unspecified atom stereocenters. The number of nitrogens with one attached hydrogen (secondary N) is 1. The molecule has 0 aromatic carbocycles. The molecule has 1 amide bonds. The van der Waals surface area contributed by atoms with Gasteiger partial charge in [-0.25, -0.2) is 17.9 Å². The van der Waals surface area contributed by atoms with Crippen LogP contribution in [0.3, 0.4) is 0 Å². The van der Waals surface area contributed by atoms with Gasteiger partial charge in [-0.05, 0) is 0 Å². The number of likely N-dealkylation sites (tertiary alicyclic amines) is 1. The second-order valence-corrected chi connectivity index (χ2v) is 9.27. The van der Waals surface area contributed by atoms with E-state index in [0.29, 0.717) is 0 Å². The SMILES string of the molecule is C=CCOC(=O)N1C[C@H](OS(C)(=O)=O)C[C@H]1/C(Cl)=C\CNS(C)(=O)=O. The molecule has 0 radical (unpaired) electrons. The highest BCUT2D eigenvalue weighted by atomic mass is 35.5. The predicted molar refractivity (Wildman–Crippen MR) is 93.2 cm³/mol. The van der Waals surface area contributed by atoms with Gasteiger partial charge in [0.25, 0.3) is 10.1 Å². The van der Waals surface area contributed by atoms with E-state index in [4.69, 9.17) is 20.5 Å². The molecule has 0 aromatic rings. The van der Waals surface area contributed by atoms with Crippen LogP contribution in [-0.4, -0.2) is 72.2 Å². The Morgan fingerprint density at radius 1 is 1.36 bits per heavy atom. The Morgan fingerprint density at radius 2 is 2.00 bits per heavy atom. The molecular formula is C13H21ClN2O7S2. The summed E-state index contributed by atoms with van der Waals surface area (Å²) < 4.78 is 56.9. The zero-order chi connectivity index (χ0) is 19.3. The third kappa shape index (κ3) is 8.19. The molecule has 0 spiro atoms. The lowest BCUT2D eigenvalue weighted by Crippen LogP contribution is -2.37. The Balaban J connectivity index is 2.90. The fourth-order valence-corrected chi connectivity index (χ4v) is 3.52. The van der Waals surface area contributed by atoms with Gasteiger partial charge in [0.15, 0.2) is 0 Å². The molecule has 144 valence electrons. The highest BCUT2D eigenvalue weighted by Gasteiger charge is 2.39. The lowest BCUT2D eigenvalue weighted by molar-refractivity contribution is 0.109. The van der Waals surface area contributed by atoms with Crippen LogP contribution in [0.2, 0.25) is 0 Å². The molecule has 25 heavy (non-hydrogen) atoms. The molecule has 1 rings (SSSR count). The van der Waals surface area contributed by atoms with E-state index >= 15 is 0 Å². The Labute approximate surface area is 152 Å². The predicted octanol–water partition coefficient (Wildman–Crippen LogP) is 0.400. The van der Waals surface area contributed by atoms with Crippen LogP contribution in [0.15, 0.2) is 23.8 Å². The largest absolute Gasteiger partial charge is 0.445 e. The van der Waals surface area contributed by atoms with Crippen molar-refractivity contribution >= 4 is 37.8 Å². The van der Waals surface area contributed by atoms with Gasteiger partial charge in [-0.1, -0.05) is 30.3 Å². The van der Waals surface area contributed by atoms with Crippen molar-refractivity contribution in [1.29, 1.82) is 0 Å². The zero-order valence-electron chi connectivity index (χ0n) is 13.8. The quantitative estimate of drug-likeness (QED) is 0.449. The molecule has 9 nitrogen and oxygen atoms in total. The normalized spacial score (nSPS) is 22.0. The van der Waals surface area contributed by atoms with Gasteiger partial charge < -0.3 is 4.74 Å². The third-order valence-corrected chi connectivity index (χ3v) is 4.81. The minimum atomic E-state index is -3.71. The molecule has 1 N–H and O–H groups in total. The topological polar surface area (TPSA) is 119 Å². The molecule has 1 aliphatic rings. The summed E-state index contributed by atoms with van der Waals surface area (Å²) in [7, 11) is -7.10. The molecule has 2 atom stereocenters. The molecule has 1 aliphatic heterocycles. The molecule has 0 aliphatic carbocycles. The molecule has 1 saturated heterocycles. The van der Waals surface area contributed by atoms with Gasteiger partial charge in [-0.15, -0.1) is 0 Å². The number of amides is 1. The summed E-state index contributed by atoms with van der Waals surface area (Å²) in [5, 5.41) is 0.173. The van der Waals surface area contributed by atoms with Crippen LogP contribution in [0.1, 0.15) is 6.42 Å². The first-order valence-electron chi connectivity index (χ1n) is 7.15. The van der Waals surface area contributed by atoms with Gasteiger partial charge in [-0.3, -0.25) is 9.08 Å². The number of carbonyl (C=O) groups excluding carboxylic acids is 1. The van der Waals surface area contributed by atoms with Crippen molar-refractivity contribution in [1.82, 2.24) is 9.62 Å². The highest BCUT2D eigenvalue weighted by Crippen LogP contribution is 2.29. The Hall–Kier alpha value is -1.14. The van der Waals surface area contributed by atoms with Gasteiger partial charge >= 0.3 is 6.09 Å². The Kier molecular flexibility index (Phi) is 7.88. The van der Waals surface area contributed by atoms with Crippen LogP contribution in [0.5, 0.6) is 0 Å². The maximum Gasteiger partial charge on any atom is 0.410 e. The van der Waals surface area contributed by atoms with E-state index in [1.165, 1.54) is 17.1 Å². The van der Waals surface area contributed by atoms with Crippen molar-refractivity contribution in [2.24, 2.45) is 0 Å². The molecule has 1 fully saturated rings. The Morgan fingerprint density at radius 3 is 2.52 bits per heavy atom.